The van der Waals surface area contributed by atoms with Crippen LogP contribution in [0.4, 0.5) is 10.1 Å². The van der Waals surface area contributed by atoms with Crippen LogP contribution in [0.2, 0.25) is 0 Å². The summed E-state index contributed by atoms with van der Waals surface area (Å²) in [6, 6.07) is 4.64. The molecule has 0 saturated carbocycles. The predicted molar refractivity (Wildman–Crippen MR) is 74.3 cm³/mol. The van der Waals surface area contributed by atoms with E-state index in [1.165, 1.54) is 6.07 Å². The molecule has 0 fully saturated rings. The molecule has 0 radical (unpaired) electrons. The number of benzene rings is 1. The maximum Gasteiger partial charge on any atom is 0.135 e. The largest absolute Gasteiger partial charge is 0.389 e. The zero-order chi connectivity index (χ0) is 12.8. The summed E-state index contributed by atoms with van der Waals surface area (Å²) >= 11 is 4.81. The first-order valence-corrected chi connectivity index (χ1v) is 7.28. The first-order chi connectivity index (χ1) is 8.02. The van der Waals surface area contributed by atoms with E-state index in [4.69, 9.17) is 18.0 Å². The zero-order valence-corrected chi connectivity index (χ0v) is 11.2. The molecule has 0 saturated heterocycles. The molecular formula is C11H15FN2OS2. The van der Waals surface area contributed by atoms with Crippen LogP contribution in [-0.4, -0.2) is 27.8 Å². The molecule has 0 amide bonds. The van der Waals surface area contributed by atoms with Crippen molar-refractivity contribution in [3.05, 3.63) is 29.6 Å². The molecule has 94 valence electrons. The fourth-order valence-electron chi connectivity index (χ4n) is 1.42. The van der Waals surface area contributed by atoms with Crippen LogP contribution >= 0.6 is 12.2 Å². The summed E-state index contributed by atoms with van der Waals surface area (Å²) in [6.07, 6.45) is 2.40. The highest BCUT2D eigenvalue weighted by molar-refractivity contribution is 7.84. The second kappa shape index (κ2) is 6.66. The highest BCUT2D eigenvalue weighted by Crippen LogP contribution is 2.18. The Morgan fingerprint density at radius 3 is 2.88 bits per heavy atom. The Hall–Kier alpha value is -1.01. The van der Waals surface area contributed by atoms with Gasteiger partial charge in [-0.1, -0.05) is 18.3 Å². The number of nitrogens with one attached hydrogen (secondary N) is 1. The van der Waals surface area contributed by atoms with Crippen LogP contribution in [0.25, 0.3) is 0 Å². The highest BCUT2D eigenvalue weighted by atomic mass is 32.2. The topological polar surface area (TPSA) is 55.1 Å². The minimum absolute atomic E-state index is 0.0321. The van der Waals surface area contributed by atoms with Crippen molar-refractivity contribution >= 4 is 33.7 Å². The molecule has 1 unspecified atom stereocenters. The first kappa shape index (κ1) is 14.1. The molecule has 0 spiro atoms. The van der Waals surface area contributed by atoms with Crippen molar-refractivity contribution in [2.24, 2.45) is 5.73 Å². The van der Waals surface area contributed by atoms with Crippen LogP contribution in [0.1, 0.15) is 12.0 Å². The normalized spacial score (nSPS) is 12.1. The van der Waals surface area contributed by atoms with Crippen molar-refractivity contribution in [1.82, 2.24) is 0 Å². The fraction of sp³-hybridized carbons (Fsp3) is 0.364. The van der Waals surface area contributed by atoms with E-state index in [1.54, 1.807) is 18.4 Å². The minimum atomic E-state index is -0.807. The Labute approximate surface area is 108 Å². The van der Waals surface area contributed by atoms with E-state index < -0.39 is 16.6 Å². The summed E-state index contributed by atoms with van der Waals surface area (Å²) in [6.45, 7) is 0.610. The minimum Gasteiger partial charge on any atom is -0.389 e. The number of hydrogen-bond acceptors (Lipinski definition) is 3. The van der Waals surface area contributed by atoms with Crippen LogP contribution < -0.4 is 11.1 Å². The predicted octanol–water partition coefficient (Wildman–Crippen LogP) is 1.64. The lowest BCUT2D eigenvalue weighted by molar-refractivity contribution is 0.626. The van der Waals surface area contributed by atoms with Gasteiger partial charge in [-0.3, -0.25) is 4.21 Å². The SMILES string of the molecule is CS(=O)CCCNc1cccc(F)c1C(N)=S. The van der Waals surface area contributed by atoms with E-state index in [0.29, 0.717) is 18.0 Å². The summed E-state index contributed by atoms with van der Waals surface area (Å²) in [7, 11) is -0.807. The number of nitrogens with two attached hydrogens (primary N) is 1. The Morgan fingerprint density at radius 2 is 2.29 bits per heavy atom. The second-order valence-electron chi connectivity index (χ2n) is 3.58. The van der Waals surface area contributed by atoms with Crippen LogP contribution in [0.15, 0.2) is 18.2 Å². The van der Waals surface area contributed by atoms with Gasteiger partial charge in [0.15, 0.2) is 0 Å². The number of hydrogen-bond donors (Lipinski definition) is 2. The maximum atomic E-state index is 13.5. The smallest absolute Gasteiger partial charge is 0.135 e. The van der Waals surface area contributed by atoms with E-state index in [2.05, 4.69) is 5.32 Å². The summed E-state index contributed by atoms with van der Waals surface area (Å²) in [5.74, 6) is 0.187. The molecule has 6 heteroatoms. The van der Waals surface area contributed by atoms with Crippen LogP contribution in [0.5, 0.6) is 0 Å². The number of thiocarbonyl (C=S) groups is 1. The van der Waals surface area contributed by atoms with Crippen LogP contribution in [-0.2, 0) is 10.8 Å². The fourth-order valence-corrected chi connectivity index (χ4v) is 2.18. The standard InChI is InChI=1S/C11H15FN2OS2/c1-17(15)7-3-6-14-9-5-2-4-8(12)10(9)11(13)16/h2,4-5,14H,3,6-7H2,1H3,(H2,13,16). The average molecular weight is 274 g/mol. The van der Waals surface area contributed by atoms with E-state index in [1.807, 2.05) is 0 Å². The molecule has 17 heavy (non-hydrogen) atoms. The number of rotatable bonds is 6. The lowest BCUT2D eigenvalue weighted by Gasteiger charge is -2.11. The Morgan fingerprint density at radius 1 is 1.59 bits per heavy atom. The van der Waals surface area contributed by atoms with Gasteiger partial charge in [0, 0.05) is 35.0 Å². The lowest BCUT2D eigenvalue weighted by atomic mass is 10.1. The van der Waals surface area contributed by atoms with E-state index in [9.17, 15) is 8.60 Å². The van der Waals surface area contributed by atoms with Gasteiger partial charge < -0.3 is 11.1 Å². The molecular weight excluding hydrogens is 259 g/mol. The molecule has 0 aromatic heterocycles. The van der Waals surface area contributed by atoms with Crippen LogP contribution in [0.3, 0.4) is 0 Å². The molecule has 0 aliphatic carbocycles. The van der Waals surface area contributed by atoms with Gasteiger partial charge >= 0.3 is 0 Å². The maximum absolute atomic E-state index is 13.5. The molecule has 0 bridgehead atoms. The Kier molecular flexibility index (Phi) is 5.50. The van der Waals surface area contributed by atoms with Crippen molar-refractivity contribution in [1.29, 1.82) is 0 Å². The van der Waals surface area contributed by atoms with E-state index in [0.717, 1.165) is 6.42 Å². The third-order valence-corrected chi connectivity index (χ3v) is 3.25. The van der Waals surface area contributed by atoms with Crippen molar-refractivity contribution in [3.63, 3.8) is 0 Å². The Balaban J connectivity index is 2.67. The number of anilines is 1. The molecule has 1 aromatic carbocycles. The van der Waals surface area contributed by atoms with Gasteiger partial charge in [-0.2, -0.15) is 0 Å². The summed E-state index contributed by atoms with van der Waals surface area (Å²) in [5.41, 5.74) is 6.29. The van der Waals surface area contributed by atoms with E-state index >= 15 is 0 Å². The number of halogens is 1. The van der Waals surface area contributed by atoms with Gasteiger partial charge in [-0.05, 0) is 18.6 Å². The molecule has 0 aliphatic heterocycles. The average Bonchev–Trinajstić information content (AvgIpc) is 2.23. The first-order valence-electron chi connectivity index (χ1n) is 5.14. The lowest BCUT2D eigenvalue weighted by Crippen LogP contribution is -2.16. The molecule has 0 heterocycles. The molecule has 1 aromatic rings. The van der Waals surface area contributed by atoms with Gasteiger partial charge in [0.2, 0.25) is 0 Å². The van der Waals surface area contributed by atoms with Gasteiger partial charge in [-0.15, -0.1) is 0 Å². The zero-order valence-electron chi connectivity index (χ0n) is 9.53. The molecule has 1 rings (SSSR count). The molecule has 3 nitrogen and oxygen atoms in total. The van der Waals surface area contributed by atoms with Crippen molar-refractivity contribution in [2.45, 2.75) is 6.42 Å². The third-order valence-electron chi connectivity index (χ3n) is 2.18. The van der Waals surface area contributed by atoms with Gasteiger partial charge in [0.25, 0.3) is 0 Å². The molecule has 1 atom stereocenters. The van der Waals surface area contributed by atoms with E-state index in [-0.39, 0.29) is 10.6 Å². The quantitative estimate of drug-likeness (QED) is 0.611. The highest BCUT2D eigenvalue weighted by Gasteiger charge is 2.10. The van der Waals surface area contributed by atoms with Crippen molar-refractivity contribution in [2.75, 3.05) is 23.9 Å². The van der Waals surface area contributed by atoms with Gasteiger partial charge in [-0.25, -0.2) is 4.39 Å². The van der Waals surface area contributed by atoms with Gasteiger partial charge in [0.05, 0.1) is 5.56 Å². The molecule has 3 N–H and O–H groups in total. The second-order valence-corrected chi connectivity index (χ2v) is 5.58. The van der Waals surface area contributed by atoms with Crippen molar-refractivity contribution < 1.29 is 8.60 Å². The summed E-state index contributed by atoms with van der Waals surface area (Å²) in [4.78, 5) is 0.0321. The summed E-state index contributed by atoms with van der Waals surface area (Å²) in [5, 5.41) is 3.05. The van der Waals surface area contributed by atoms with Crippen LogP contribution in [0, 0.1) is 5.82 Å². The van der Waals surface area contributed by atoms with Crippen molar-refractivity contribution in [3.8, 4) is 0 Å². The Bertz CT molecular complexity index is 437. The van der Waals surface area contributed by atoms with Gasteiger partial charge in [0.1, 0.15) is 10.8 Å². The molecule has 0 aliphatic rings. The monoisotopic (exact) mass is 274 g/mol. The third kappa shape index (κ3) is 4.40. The summed E-state index contributed by atoms with van der Waals surface area (Å²) < 4.78 is 24.3.